The van der Waals surface area contributed by atoms with Crippen LogP contribution in [0.15, 0.2) is 83.8 Å². The number of carbonyl (C=O) groups is 1. The lowest BCUT2D eigenvalue weighted by molar-refractivity contribution is 0.102. The van der Waals surface area contributed by atoms with Crippen LogP contribution in [0.5, 0.6) is 0 Å². The Morgan fingerprint density at radius 2 is 1.50 bits per heavy atom. The summed E-state index contributed by atoms with van der Waals surface area (Å²) in [6, 6.07) is 22.5. The van der Waals surface area contributed by atoms with Crippen molar-refractivity contribution >= 4 is 27.3 Å². The fraction of sp³-hybridized carbons (Fsp3) is 0.136. The smallest absolute Gasteiger partial charge is 0.264 e. The maximum atomic E-state index is 13.0. The molecule has 28 heavy (non-hydrogen) atoms. The molecule has 0 fully saturated rings. The lowest BCUT2D eigenvalue weighted by atomic mass is 10.1. The second-order valence-electron chi connectivity index (χ2n) is 6.30. The number of sulfonamides is 1. The van der Waals surface area contributed by atoms with Gasteiger partial charge in [-0.25, -0.2) is 8.42 Å². The third-order valence-electron chi connectivity index (χ3n) is 4.42. The zero-order valence-corrected chi connectivity index (χ0v) is 16.6. The highest BCUT2D eigenvalue weighted by Gasteiger charge is 2.23. The molecule has 0 aliphatic heterocycles. The van der Waals surface area contributed by atoms with Crippen molar-refractivity contribution in [3.05, 3.63) is 90.0 Å². The molecule has 3 aromatic carbocycles. The molecule has 1 amide bonds. The van der Waals surface area contributed by atoms with Crippen LogP contribution in [0, 0.1) is 6.92 Å². The van der Waals surface area contributed by atoms with E-state index < -0.39 is 10.0 Å². The van der Waals surface area contributed by atoms with Crippen LogP contribution in [-0.2, 0) is 10.0 Å². The Morgan fingerprint density at radius 1 is 0.893 bits per heavy atom. The highest BCUT2D eigenvalue weighted by atomic mass is 32.2. The van der Waals surface area contributed by atoms with Crippen LogP contribution in [0.4, 0.5) is 11.4 Å². The lowest BCUT2D eigenvalue weighted by Gasteiger charge is -2.23. The van der Waals surface area contributed by atoms with Crippen LogP contribution in [-0.4, -0.2) is 20.9 Å². The van der Waals surface area contributed by atoms with E-state index in [1.807, 2.05) is 25.1 Å². The summed E-state index contributed by atoms with van der Waals surface area (Å²) in [4.78, 5) is 12.6. The van der Waals surface area contributed by atoms with E-state index in [9.17, 15) is 13.2 Å². The van der Waals surface area contributed by atoms with E-state index in [2.05, 4.69) is 5.32 Å². The number of benzene rings is 3. The second-order valence-corrected chi connectivity index (χ2v) is 8.16. The monoisotopic (exact) mass is 394 g/mol. The third kappa shape index (κ3) is 4.07. The first-order valence-electron chi connectivity index (χ1n) is 8.98. The SMILES string of the molecule is CCN(c1ccccc1)S(=O)(=O)c1ccc(NC(=O)c2ccccc2C)cc1. The van der Waals surface area contributed by atoms with Gasteiger partial charge >= 0.3 is 0 Å². The second kappa shape index (κ2) is 8.27. The first-order valence-corrected chi connectivity index (χ1v) is 10.4. The van der Waals surface area contributed by atoms with Crippen molar-refractivity contribution in [1.82, 2.24) is 0 Å². The van der Waals surface area contributed by atoms with Gasteiger partial charge in [0, 0.05) is 17.8 Å². The highest BCUT2D eigenvalue weighted by Crippen LogP contribution is 2.24. The summed E-state index contributed by atoms with van der Waals surface area (Å²) < 4.78 is 27.4. The zero-order chi connectivity index (χ0) is 20.1. The molecule has 0 unspecified atom stereocenters. The van der Waals surface area contributed by atoms with Crippen LogP contribution >= 0.6 is 0 Å². The normalized spacial score (nSPS) is 11.1. The van der Waals surface area contributed by atoms with E-state index in [0.29, 0.717) is 23.5 Å². The lowest BCUT2D eigenvalue weighted by Crippen LogP contribution is -2.30. The van der Waals surface area contributed by atoms with Gasteiger partial charge in [-0.15, -0.1) is 0 Å². The Labute approximate surface area is 165 Å². The molecule has 0 aliphatic rings. The molecule has 0 aromatic heterocycles. The fourth-order valence-corrected chi connectivity index (χ4v) is 4.42. The van der Waals surface area contributed by atoms with E-state index >= 15 is 0 Å². The van der Waals surface area contributed by atoms with Crippen LogP contribution in [0.2, 0.25) is 0 Å². The summed E-state index contributed by atoms with van der Waals surface area (Å²) in [5.41, 5.74) is 2.61. The number of nitrogens with zero attached hydrogens (tertiary/aromatic N) is 1. The van der Waals surface area contributed by atoms with E-state index in [4.69, 9.17) is 0 Å². The Morgan fingerprint density at radius 3 is 2.11 bits per heavy atom. The summed E-state index contributed by atoms with van der Waals surface area (Å²) in [6.45, 7) is 3.98. The van der Waals surface area contributed by atoms with Crippen LogP contribution in [0.25, 0.3) is 0 Å². The summed E-state index contributed by atoms with van der Waals surface area (Å²) >= 11 is 0. The molecule has 3 rings (SSSR count). The molecule has 0 radical (unpaired) electrons. The summed E-state index contributed by atoms with van der Waals surface area (Å²) in [5.74, 6) is -0.229. The van der Waals surface area contributed by atoms with Gasteiger partial charge in [0.05, 0.1) is 10.6 Å². The van der Waals surface area contributed by atoms with Gasteiger partial charge in [0.1, 0.15) is 0 Å². The molecule has 0 saturated heterocycles. The molecule has 0 bridgehead atoms. The molecule has 3 aromatic rings. The number of anilines is 2. The van der Waals surface area contributed by atoms with Crippen molar-refractivity contribution in [3.63, 3.8) is 0 Å². The van der Waals surface area contributed by atoms with Crippen molar-refractivity contribution in [1.29, 1.82) is 0 Å². The molecule has 144 valence electrons. The molecule has 0 aliphatic carbocycles. The van der Waals surface area contributed by atoms with E-state index in [1.165, 1.54) is 16.4 Å². The van der Waals surface area contributed by atoms with E-state index in [0.717, 1.165) is 5.56 Å². The standard InChI is InChI=1S/C22H22N2O3S/c1-3-24(19-10-5-4-6-11-19)28(26,27)20-15-13-18(14-16-20)23-22(25)21-12-8-7-9-17(21)2/h4-16H,3H2,1-2H3,(H,23,25). The topological polar surface area (TPSA) is 66.5 Å². The zero-order valence-electron chi connectivity index (χ0n) is 15.8. The Kier molecular flexibility index (Phi) is 5.80. The van der Waals surface area contributed by atoms with Gasteiger partial charge < -0.3 is 5.32 Å². The van der Waals surface area contributed by atoms with Crippen LogP contribution in [0.1, 0.15) is 22.8 Å². The quantitative estimate of drug-likeness (QED) is 0.671. The van der Waals surface area contributed by atoms with Gasteiger partial charge in [-0.2, -0.15) is 0 Å². The third-order valence-corrected chi connectivity index (χ3v) is 6.34. The maximum absolute atomic E-state index is 13.0. The van der Waals surface area contributed by atoms with Crippen molar-refractivity contribution < 1.29 is 13.2 Å². The van der Waals surface area contributed by atoms with Crippen molar-refractivity contribution in [2.75, 3.05) is 16.2 Å². The molecular formula is C22H22N2O3S. The number of para-hydroxylation sites is 1. The summed E-state index contributed by atoms with van der Waals surface area (Å²) in [5, 5.41) is 2.81. The highest BCUT2D eigenvalue weighted by molar-refractivity contribution is 7.92. The number of carbonyl (C=O) groups excluding carboxylic acids is 1. The van der Waals surface area contributed by atoms with Gasteiger partial charge in [-0.1, -0.05) is 36.4 Å². The number of nitrogens with one attached hydrogen (secondary N) is 1. The van der Waals surface area contributed by atoms with Crippen molar-refractivity contribution in [2.24, 2.45) is 0 Å². The summed E-state index contributed by atoms with van der Waals surface area (Å²) in [7, 11) is -3.69. The largest absolute Gasteiger partial charge is 0.322 e. The van der Waals surface area contributed by atoms with Crippen LogP contribution < -0.4 is 9.62 Å². The fourth-order valence-electron chi connectivity index (χ4n) is 2.95. The number of rotatable bonds is 6. The van der Waals surface area contributed by atoms with Gasteiger partial charge in [0.25, 0.3) is 15.9 Å². The number of hydrogen-bond donors (Lipinski definition) is 1. The predicted molar refractivity (Wildman–Crippen MR) is 112 cm³/mol. The molecule has 0 spiro atoms. The number of aryl methyl sites for hydroxylation is 1. The van der Waals surface area contributed by atoms with Gasteiger partial charge in [0.15, 0.2) is 0 Å². The van der Waals surface area contributed by atoms with Gasteiger partial charge in [0.2, 0.25) is 0 Å². The minimum atomic E-state index is -3.69. The molecule has 5 nitrogen and oxygen atoms in total. The van der Waals surface area contributed by atoms with Crippen LogP contribution in [0.3, 0.4) is 0 Å². The van der Waals surface area contributed by atoms with Crippen molar-refractivity contribution in [2.45, 2.75) is 18.7 Å². The number of amides is 1. The first kappa shape index (κ1) is 19.6. The first-order chi connectivity index (χ1) is 13.4. The molecule has 0 atom stereocenters. The van der Waals surface area contributed by atoms with Gasteiger partial charge in [-0.05, 0) is 61.9 Å². The molecular weight excluding hydrogens is 372 g/mol. The Hall–Kier alpha value is -3.12. The van der Waals surface area contributed by atoms with Gasteiger partial charge in [-0.3, -0.25) is 9.10 Å². The Bertz CT molecular complexity index is 1060. The molecule has 0 heterocycles. The average molecular weight is 394 g/mol. The molecule has 6 heteroatoms. The van der Waals surface area contributed by atoms with E-state index in [1.54, 1.807) is 55.5 Å². The summed E-state index contributed by atoms with van der Waals surface area (Å²) in [6.07, 6.45) is 0. The molecule has 1 N–H and O–H groups in total. The van der Waals surface area contributed by atoms with Crippen molar-refractivity contribution in [3.8, 4) is 0 Å². The number of hydrogen-bond acceptors (Lipinski definition) is 3. The average Bonchev–Trinajstić information content (AvgIpc) is 2.70. The molecule has 0 saturated carbocycles. The predicted octanol–water partition coefficient (Wildman–Crippen LogP) is 4.46. The minimum absolute atomic E-state index is 0.173. The minimum Gasteiger partial charge on any atom is -0.322 e. The maximum Gasteiger partial charge on any atom is 0.264 e. The Balaban J connectivity index is 1.82. The van der Waals surface area contributed by atoms with E-state index in [-0.39, 0.29) is 10.8 Å².